The molecule has 2 heterocycles. The summed E-state index contributed by atoms with van der Waals surface area (Å²) in [5.41, 5.74) is -0.934. The number of hydrogen-bond acceptors (Lipinski definition) is 11. The van der Waals surface area contributed by atoms with E-state index in [9.17, 15) is 33.8 Å². The smallest absolute Gasteiger partial charge is 0.481 e. The molecule has 18 heteroatoms. The van der Waals surface area contributed by atoms with Gasteiger partial charge in [0.15, 0.2) is 6.23 Å². The molecule has 0 bridgehead atoms. The van der Waals surface area contributed by atoms with Gasteiger partial charge in [0, 0.05) is 6.20 Å². The highest BCUT2D eigenvalue weighted by atomic mass is 32.2. The minimum absolute atomic E-state index is 0.0948. The van der Waals surface area contributed by atoms with Crippen LogP contribution in [0.1, 0.15) is 6.23 Å². The molecule has 2 rings (SSSR count). The average molecular weight is 478 g/mol. The Labute approximate surface area is 165 Å². The second kappa shape index (κ2) is 9.32. The number of phosphoric acid groups is 2. The number of aromatic nitrogens is 2. The molecule has 164 valence electrons. The van der Waals surface area contributed by atoms with E-state index in [0.29, 0.717) is 0 Å². The fraction of sp³-hybridized carbons (Fsp3) is 0.545. The van der Waals surface area contributed by atoms with Crippen molar-refractivity contribution in [2.45, 2.75) is 29.6 Å². The van der Waals surface area contributed by atoms with Crippen molar-refractivity contribution in [3.8, 4) is 0 Å². The Bertz CT molecular complexity index is 903. The number of rotatable bonds is 9. The SMILES string of the molecule is O=C(O)CSc1ccn([C@@H]2O[C@H](COP(=O)(O)OP(=O)(O)O)[C@@H](O)[C@H]2O)c(=O)n1. The summed E-state index contributed by atoms with van der Waals surface area (Å²) in [5.74, 6) is -1.46. The molecule has 6 N–H and O–H groups in total. The van der Waals surface area contributed by atoms with Gasteiger partial charge in [-0.2, -0.15) is 9.29 Å². The number of hydrogen-bond donors (Lipinski definition) is 6. The largest absolute Gasteiger partial charge is 0.481 e. The van der Waals surface area contributed by atoms with Crippen molar-refractivity contribution >= 4 is 33.4 Å². The Balaban J connectivity index is 2.07. The highest BCUT2D eigenvalue weighted by molar-refractivity contribution is 7.99. The quantitative estimate of drug-likeness (QED) is 0.131. The van der Waals surface area contributed by atoms with Crippen LogP contribution < -0.4 is 5.69 Å². The van der Waals surface area contributed by atoms with Crippen molar-refractivity contribution in [1.29, 1.82) is 0 Å². The van der Waals surface area contributed by atoms with Crippen LogP contribution in [0.3, 0.4) is 0 Å². The van der Waals surface area contributed by atoms with Gasteiger partial charge in [-0.25, -0.2) is 13.9 Å². The molecule has 1 aromatic heterocycles. The van der Waals surface area contributed by atoms with E-state index in [0.717, 1.165) is 22.5 Å². The summed E-state index contributed by atoms with van der Waals surface area (Å²) < 4.78 is 36.0. The second-order valence-electron chi connectivity index (χ2n) is 5.52. The van der Waals surface area contributed by atoms with Crippen LogP contribution in [0.15, 0.2) is 22.1 Å². The maximum Gasteiger partial charge on any atom is 0.481 e. The van der Waals surface area contributed by atoms with Gasteiger partial charge < -0.3 is 34.7 Å². The van der Waals surface area contributed by atoms with Gasteiger partial charge in [0.1, 0.15) is 23.3 Å². The lowest BCUT2D eigenvalue weighted by atomic mass is 10.1. The molecule has 0 aromatic carbocycles. The molecule has 1 aliphatic rings. The minimum atomic E-state index is -5.34. The third-order valence-electron chi connectivity index (χ3n) is 3.37. The summed E-state index contributed by atoms with van der Waals surface area (Å²) in [6, 6.07) is 1.27. The summed E-state index contributed by atoms with van der Waals surface area (Å²) in [6.07, 6.45) is -5.21. The van der Waals surface area contributed by atoms with Crippen LogP contribution in [-0.2, 0) is 27.5 Å². The Hall–Kier alpha value is -1.16. The number of ether oxygens (including phenoxy) is 1. The number of carboxylic acid groups (broad SMARTS) is 1. The fourth-order valence-electron chi connectivity index (χ4n) is 2.23. The van der Waals surface area contributed by atoms with Crippen LogP contribution >= 0.6 is 27.4 Å². The zero-order valence-corrected chi connectivity index (χ0v) is 16.7. The van der Waals surface area contributed by atoms with Gasteiger partial charge in [-0.3, -0.25) is 13.9 Å². The Morgan fingerprint density at radius 3 is 2.48 bits per heavy atom. The molecule has 1 aromatic rings. The van der Waals surface area contributed by atoms with Crippen LogP contribution in [0.25, 0.3) is 0 Å². The Morgan fingerprint density at radius 1 is 1.28 bits per heavy atom. The van der Waals surface area contributed by atoms with Gasteiger partial charge in [-0.05, 0) is 6.07 Å². The van der Waals surface area contributed by atoms with Gasteiger partial charge in [0.25, 0.3) is 0 Å². The predicted octanol–water partition coefficient (Wildman–Crippen LogP) is -1.73. The summed E-state index contributed by atoms with van der Waals surface area (Å²) in [4.78, 5) is 52.5. The Kier molecular flexibility index (Phi) is 7.75. The molecule has 1 fully saturated rings. The number of aliphatic hydroxyl groups excluding tert-OH is 2. The van der Waals surface area contributed by atoms with E-state index in [-0.39, 0.29) is 10.8 Å². The van der Waals surface area contributed by atoms with Gasteiger partial charge in [-0.15, -0.1) is 0 Å². The van der Waals surface area contributed by atoms with Gasteiger partial charge in [-0.1, -0.05) is 11.8 Å². The molecule has 5 atom stereocenters. The number of nitrogens with zero attached hydrogens (tertiary/aromatic N) is 2. The predicted molar refractivity (Wildman–Crippen MR) is 91.7 cm³/mol. The maximum absolute atomic E-state index is 12.1. The van der Waals surface area contributed by atoms with Crippen molar-refractivity contribution in [2.75, 3.05) is 12.4 Å². The number of phosphoric ester groups is 1. The van der Waals surface area contributed by atoms with Crippen molar-refractivity contribution in [1.82, 2.24) is 9.55 Å². The third-order valence-corrected chi connectivity index (χ3v) is 6.44. The normalized spacial score (nSPS) is 26.9. The topological polar surface area (TPSA) is 235 Å². The monoisotopic (exact) mass is 478 g/mol. The third kappa shape index (κ3) is 6.94. The van der Waals surface area contributed by atoms with Crippen LogP contribution in [0.5, 0.6) is 0 Å². The molecule has 1 unspecified atom stereocenters. The lowest BCUT2D eigenvalue weighted by Gasteiger charge is -2.18. The van der Waals surface area contributed by atoms with E-state index in [1.54, 1.807) is 0 Å². The van der Waals surface area contributed by atoms with Crippen molar-refractivity contribution in [2.24, 2.45) is 0 Å². The zero-order valence-electron chi connectivity index (χ0n) is 14.1. The van der Waals surface area contributed by atoms with Crippen LogP contribution in [0, 0.1) is 0 Å². The molecular weight excluding hydrogens is 462 g/mol. The molecule has 0 saturated carbocycles. The molecule has 1 saturated heterocycles. The minimum Gasteiger partial charge on any atom is -0.481 e. The number of carbonyl (C=O) groups is 1. The number of thioether (sulfide) groups is 1. The van der Waals surface area contributed by atoms with E-state index in [1.807, 2.05) is 0 Å². The van der Waals surface area contributed by atoms with E-state index < -0.39 is 58.5 Å². The molecule has 0 spiro atoms. The number of carboxylic acids is 1. The highest BCUT2D eigenvalue weighted by Gasteiger charge is 2.45. The first kappa shape index (κ1) is 24.1. The van der Waals surface area contributed by atoms with E-state index in [4.69, 9.17) is 19.6 Å². The Morgan fingerprint density at radius 2 is 1.93 bits per heavy atom. The first-order chi connectivity index (χ1) is 13.3. The zero-order chi connectivity index (χ0) is 22.0. The molecule has 0 radical (unpaired) electrons. The average Bonchev–Trinajstić information content (AvgIpc) is 2.84. The van der Waals surface area contributed by atoms with E-state index in [1.165, 1.54) is 6.07 Å². The van der Waals surface area contributed by atoms with Crippen LogP contribution in [0.2, 0.25) is 0 Å². The standard InChI is InChI=1S/C11H16N2O13P2S/c14-7(15)4-29-6-1-2-13(11(18)12-6)10-9(17)8(16)5(25-10)3-24-28(22,23)26-27(19,20)21/h1-2,5,8-10,16-17H,3-4H2,(H,14,15)(H,22,23)(H2,19,20,21)/t5-,8-,9-,10-/m1/s1. The summed E-state index contributed by atoms with van der Waals surface area (Å²) in [6.45, 7) is -0.919. The molecule has 15 nitrogen and oxygen atoms in total. The van der Waals surface area contributed by atoms with Crippen molar-refractivity contribution in [3.63, 3.8) is 0 Å². The van der Waals surface area contributed by atoms with E-state index in [2.05, 4.69) is 13.8 Å². The highest BCUT2D eigenvalue weighted by Crippen LogP contribution is 2.57. The van der Waals surface area contributed by atoms with Crippen molar-refractivity contribution in [3.05, 3.63) is 22.7 Å². The summed E-state index contributed by atoms with van der Waals surface area (Å²) >= 11 is 0.778. The van der Waals surface area contributed by atoms with E-state index >= 15 is 0 Å². The maximum atomic E-state index is 12.1. The summed E-state index contributed by atoms with van der Waals surface area (Å²) in [5, 5.41) is 28.8. The molecule has 0 aliphatic carbocycles. The number of aliphatic hydroxyl groups is 2. The van der Waals surface area contributed by atoms with Crippen LogP contribution in [-0.4, -0.2) is 76.2 Å². The van der Waals surface area contributed by atoms with Gasteiger partial charge in [0.05, 0.1) is 12.4 Å². The number of aliphatic carboxylic acids is 1. The lowest BCUT2D eigenvalue weighted by molar-refractivity contribution is -0.133. The first-order valence-corrected chi connectivity index (χ1v) is 11.5. The van der Waals surface area contributed by atoms with Crippen LogP contribution in [0.4, 0.5) is 0 Å². The van der Waals surface area contributed by atoms with Gasteiger partial charge >= 0.3 is 27.3 Å². The molecule has 1 aliphatic heterocycles. The molecule has 29 heavy (non-hydrogen) atoms. The molecule has 0 amide bonds. The van der Waals surface area contributed by atoms with Gasteiger partial charge in [0.2, 0.25) is 0 Å². The summed E-state index contributed by atoms with van der Waals surface area (Å²) in [7, 11) is -10.5. The molecular formula is C11H16N2O13P2S. The second-order valence-corrected chi connectivity index (χ2v) is 9.35. The van der Waals surface area contributed by atoms with Crippen molar-refractivity contribution < 1.29 is 57.5 Å². The lowest BCUT2D eigenvalue weighted by Crippen LogP contribution is -2.36. The fourth-order valence-corrected chi connectivity index (χ4v) is 4.40. The first-order valence-electron chi connectivity index (χ1n) is 7.49.